The average molecular weight is 367 g/mol. The van der Waals surface area contributed by atoms with Crippen LogP contribution in [-0.4, -0.2) is 22.8 Å². The van der Waals surface area contributed by atoms with E-state index in [1.54, 1.807) is 0 Å². The first-order valence-corrected chi connectivity index (χ1v) is 9.79. The number of nitrogens with one attached hydrogen (secondary N) is 2. The maximum atomic E-state index is 12.8. The molecule has 2 N–H and O–H groups in total. The van der Waals surface area contributed by atoms with Crippen molar-refractivity contribution in [3.05, 3.63) is 47.3 Å². The van der Waals surface area contributed by atoms with Crippen molar-refractivity contribution in [3.8, 4) is 0 Å². The van der Waals surface area contributed by atoms with Crippen molar-refractivity contribution < 1.29 is 9.59 Å². The number of carbonyl (C=O) groups excluding carboxylic acids is 2. The lowest BCUT2D eigenvalue weighted by Crippen LogP contribution is -2.18. The molecular formula is C22H29N3O2. The van der Waals surface area contributed by atoms with Gasteiger partial charge < -0.3 is 15.2 Å². The SMILES string of the molecule is CC(=O)Nc1cccc(NCC(=O)c2cc(C)n(C3CCCCC3)c2C)c1. The number of hydrogen-bond donors (Lipinski definition) is 2. The highest BCUT2D eigenvalue weighted by Gasteiger charge is 2.22. The van der Waals surface area contributed by atoms with Gasteiger partial charge in [-0.25, -0.2) is 0 Å². The fraction of sp³-hybridized carbons (Fsp3) is 0.455. The fourth-order valence-electron chi connectivity index (χ4n) is 4.15. The highest BCUT2D eigenvalue weighted by molar-refractivity contribution is 6.00. The smallest absolute Gasteiger partial charge is 0.221 e. The van der Waals surface area contributed by atoms with Gasteiger partial charge in [0.15, 0.2) is 5.78 Å². The molecule has 0 bridgehead atoms. The van der Waals surface area contributed by atoms with Crippen molar-refractivity contribution in [2.45, 2.75) is 58.9 Å². The number of rotatable bonds is 6. The largest absolute Gasteiger partial charge is 0.378 e. The lowest BCUT2D eigenvalue weighted by molar-refractivity contribution is -0.114. The molecule has 0 saturated heterocycles. The third-order valence-corrected chi connectivity index (χ3v) is 5.36. The van der Waals surface area contributed by atoms with E-state index in [9.17, 15) is 9.59 Å². The lowest BCUT2D eigenvalue weighted by atomic mass is 9.95. The summed E-state index contributed by atoms with van der Waals surface area (Å²) in [6.07, 6.45) is 6.29. The minimum atomic E-state index is -0.113. The Morgan fingerprint density at radius 1 is 1.07 bits per heavy atom. The molecule has 1 aliphatic carbocycles. The summed E-state index contributed by atoms with van der Waals surface area (Å²) >= 11 is 0. The molecule has 0 atom stereocenters. The van der Waals surface area contributed by atoms with Crippen LogP contribution in [0.15, 0.2) is 30.3 Å². The highest BCUT2D eigenvalue weighted by atomic mass is 16.1. The van der Waals surface area contributed by atoms with Gasteiger partial charge in [0.2, 0.25) is 5.91 Å². The Labute approximate surface area is 161 Å². The van der Waals surface area contributed by atoms with Crippen LogP contribution >= 0.6 is 0 Å². The first-order chi connectivity index (χ1) is 13.0. The number of anilines is 2. The monoisotopic (exact) mass is 367 g/mol. The number of hydrogen-bond acceptors (Lipinski definition) is 3. The molecule has 1 aromatic carbocycles. The Bertz CT molecular complexity index is 832. The molecule has 1 aliphatic rings. The summed E-state index contributed by atoms with van der Waals surface area (Å²) in [5.41, 5.74) is 4.60. The predicted octanol–water partition coefficient (Wildman–Crippen LogP) is 4.86. The van der Waals surface area contributed by atoms with Crippen LogP contribution in [0.5, 0.6) is 0 Å². The third kappa shape index (κ3) is 4.59. The first-order valence-electron chi connectivity index (χ1n) is 9.79. The van der Waals surface area contributed by atoms with E-state index in [1.165, 1.54) is 44.7 Å². The van der Waals surface area contributed by atoms with Crippen LogP contribution in [0.1, 0.15) is 66.8 Å². The molecule has 0 spiro atoms. The summed E-state index contributed by atoms with van der Waals surface area (Å²) in [6, 6.07) is 9.97. The zero-order chi connectivity index (χ0) is 19.4. The summed E-state index contributed by atoms with van der Waals surface area (Å²) < 4.78 is 2.36. The van der Waals surface area contributed by atoms with Crippen LogP contribution < -0.4 is 10.6 Å². The Morgan fingerprint density at radius 3 is 2.48 bits per heavy atom. The zero-order valence-electron chi connectivity index (χ0n) is 16.5. The van der Waals surface area contributed by atoms with E-state index in [0.717, 1.165) is 22.6 Å². The molecule has 0 aliphatic heterocycles. The number of amides is 1. The van der Waals surface area contributed by atoms with Crippen LogP contribution in [0.3, 0.4) is 0 Å². The summed E-state index contributed by atoms with van der Waals surface area (Å²) in [7, 11) is 0. The van der Waals surface area contributed by atoms with Crippen molar-refractivity contribution in [1.29, 1.82) is 0 Å². The van der Waals surface area contributed by atoms with Gasteiger partial charge in [0, 0.05) is 41.3 Å². The second-order valence-corrected chi connectivity index (χ2v) is 7.49. The maximum absolute atomic E-state index is 12.8. The average Bonchev–Trinajstić information content (AvgIpc) is 2.94. The maximum Gasteiger partial charge on any atom is 0.221 e. The number of ketones is 1. The molecule has 0 unspecified atom stereocenters. The van der Waals surface area contributed by atoms with Gasteiger partial charge in [-0.15, -0.1) is 0 Å². The second-order valence-electron chi connectivity index (χ2n) is 7.49. The number of benzene rings is 1. The molecule has 1 saturated carbocycles. The van der Waals surface area contributed by atoms with Gasteiger partial charge in [0.25, 0.3) is 0 Å². The summed E-state index contributed by atoms with van der Waals surface area (Å²) in [6.45, 7) is 5.87. The van der Waals surface area contributed by atoms with Gasteiger partial charge in [-0.2, -0.15) is 0 Å². The molecule has 5 nitrogen and oxygen atoms in total. The van der Waals surface area contributed by atoms with Crippen molar-refractivity contribution in [2.75, 3.05) is 17.2 Å². The molecule has 1 fully saturated rings. The van der Waals surface area contributed by atoms with Crippen LogP contribution in [-0.2, 0) is 4.79 Å². The molecule has 2 aromatic rings. The van der Waals surface area contributed by atoms with E-state index in [-0.39, 0.29) is 18.2 Å². The van der Waals surface area contributed by atoms with Gasteiger partial charge in [-0.3, -0.25) is 9.59 Å². The number of nitrogens with zero attached hydrogens (tertiary/aromatic N) is 1. The summed E-state index contributed by atoms with van der Waals surface area (Å²) in [5, 5.41) is 5.94. The molecule has 1 aromatic heterocycles. The van der Waals surface area contributed by atoms with E-state index in [4.69, 9.17) is 0 Å². The summed E-state index contributed by atoms with van der Waals surface area (Å²) in [5.74, 6) is -0.0199. The zero-order valence-corrected chi connectivity index (χ0v) is 16.5. The van der Waals surface area contributed by atoms with Crippen LogP contribution in [0.2, 0.25) is 0 Å². The van der Waals surface area contributed by atoms with Crippen LogP contribution in [0, 0.1) is 13.8 Å². The second kappa shape index (κ2) is 8.42. The van der Waals surface area contributed by atoms with E-state index in [0.29, 0.717) is 6.04 Å². The van der Waals surface area contributed by atoms with Gasteiger partial charge >= 0.3 is 0 Å². The normalized spacial score (nSPS) is 14.8. The van der Waals surface area contributed by atoms with E-state index in [1.807, 2.05) is 30.3 Å². The van der Waals surface area contributed by atoms with Crippen LogP contribution in [0.4, 0.5) is 11.4 Å². The van der Waals surface area contributed by atoms with Gasteiger partial charge in [0.05, 0.1) is 6.54 Å². The highest BCUT2D eigenvalue weighted by Crippen LogP contribution is 2.32. The Morgan fingerprint density at radius 2 is 1.78 bits per heavy atom. The Hall–Kier alpha value is -2.56. The number of Topliss-reactive ketones (excluding diaryl/α,β-unsaturated/α-hetero) is 1. The topological polar surface area (TPSA) is 63.1 Å². The van der Waals surface area contributed by atoms with Crippen molar-refractivity contribution in [3.63, 3.8) is 0 Å². The van der Waals surface area contributed by atoms with E-state index >= 15 is 0 Å². The molecule has 144 valence electrons. The van der Waals surface area contributed by atoms with Crippen molar-refractivity contribution in [1.82, 2.24) is 4.57 Å². The fourth-order valence-corrected chi connectivity index (χ4v) is 4.15. The number of carbonyl (C=O) groups is 2. The van der Waals surface area contributed by atoms with Gasteiger partial charge in [-0.05, 0) is 51.0 Å². The molecular weight excluding hydrogens is 338 g/mol. The standard InChI is InChI=1S/C22H29N3O2/c1-15-12-21(16(2)25(15)20-10-5-4-6-11-20)22(27)14-23-18-8-7-9-19(13-18)24-17(3)26/h7-9,12-13,20,23H,4-6,10-11,14H2,1-3H3,(H,24,26). The molecule has 1 amide bonds. The minimum Gasteiger partial charge on any atom is -0.378 e. The molecule has 1 heterocycles. The van der Waals surface area contributed by atoms with E-state index < -0.39 is 0 Å². The molecule has 5 heteroatoms. The number of aromatic nitrogens is 1. The van der Waals surface area contributed by atoms with Gasteiger partial charge in [-0.1, -0.05) is 25.3 Å². The Balaban J connectivity index is 1.69. The third-order valence-electron chi connectivity index (χ3n) is 5.36. The molecule has 27 heavy (non-hydrogen) atoms. The number of aryl methyl sites for hydroxylation is 1. The lowest BCUT2D eigenvalue weighted by Gasteiger charge is -2.26. The Kier molecular flexibility index (Phi) is 5.99. The summed E-state index contributed by atoms with van der Waals surface area (Å²) in [4.78, 5) is 24.0. The van der Waals surface area contributed by atoms with E-state index in [2.05, 4.69) is 29.0 Å². The molecule has 0 radical (unpaired) electrons. The van der Waals surface area contributed by atoms with Crippen LogP contribution in [0.25, 0.3) is 0 Å². The van der Waals surface area contributed by atoms with Crippen molar-refractivity contribution in [2.24, 2.45) is 0 Å². The van der Waals surface area contributed by atoms with Gasteiger partial charge in [0.1, 0.15) is 0 Å². The minimum absolute atomic E-state index is 0.0927. The quantitative estimate of drug-likeness (QED) is 0.717. The molecule has 3 rings (SSSR count). The predicted molar refractivity (Wildman–Crippen MR) is 110 cm³/mol. The van der Waals surface area contributed by atoms with Crippen molar-refractivity contribution >= 4 is 23.1 Å². The first kappa shape index (κ1) is 19.2.